The van der Waals surface area contributed by atoms with E-state index in [4.69, 9.17) is 21.7 Å². The van der Waals surface area contributed by atoms with E-state index in [1.807, 2.05) is 0 Å². The van der Waals surface area contributed by atoms with Gasteiger partial charge in [-0.3, -0.25) is 28.8 Å². The van der Waals surface area contributed by atoms with E-state index in [1.54, 1.807) is 13.8 Å². The van der Waals surface area contributed by atoms with Crippen molar-refractivity contribution in [2.45, 2.75) is 76.5 Å². The number of amides is 4. The Hall–Kier alpha value is -3.75. The molecule has 4 unspecified atom stereocenters. The lowest BCUT2D eigenvalue weighted by molar-refractivity contribution is -0.144. The molecular weight excluding hydrogens is 470 g/mol. The number of aliphatic carboxylic acids is 3. The molecule has 0 aromatic heterocycles. The first-order chi connectivity index (χ1) is 16.1. The summed E-state index contributed by atoms with van der Waals surface area (Å²) in [5, 5.41) is 33.7. The molecule has 0 aliphatic carbocycles. The van der Waals surface area contributed by atoms with Crippen molar-refractivity contribution in [1.29, 1.82) is 0 Å². The average Bonchev–Trinajstić information content (AvgIpc) is 2.71. The first-order valence-corrected chi connectivity index (χ1v) is 10.7. The quantitative estimate of drug-likeness (QED) is 0.103. The third-order valence-electron chi connectivity index (χ3n) is 4.64. The molecule has 0 spiro atoms. The standard InChI is InChI=1S/C20H33N5O10/c1-9(2)7-13(25-17(31)10(21)8-14(22)26)19(33)23-11(3-5-15(27)28)18(32)24-12(20(34)35)4-6-16(29)30/h9-13H,3-8,21H2,1-2H3,(H2,22,26)(H,23,33)(H,24,32)(H,25,31)(H,27,28)(H,29,30)(H,34,35). The Balaban J connectivity index is 5.60. The van der Waals surface area contributed by atoms with E-state index in [-0.39, 0.29) is 12.3 Å². The molecule has 0 aliphatic rings. The lowest BCUT2D eigenvalue weighted by atomic mass is 10.0. The van der Waals surface area contributed by atoms with E-state index in [0.717, 1.165) is 0 Å². The summed E-state index contributed by atoms with van der Waals surface area (Å²) in [5.41, 5.74) is 10.6. The third kappa shape index (κ3) is 13.5. The maximum atomic E-state index is 12.9. The molecule has 35 heavy (non-hydrogen) atoms. The number of rotatable bonds is 17. The number of carbonyl (C=O) groups excluding carboxylic acids is 4. The van der Waals surface area contributed by atoms with Crippen LogP contribution in [-0.4, -0.2) is 81.0 Å². The Labute approximate surface area is 201 Å². The minimum absolute atomic E-state index is 0.0878. The second-order valence-electron chi connectivity index (χ2n) is 8.29. The summed E-state index contributed by atoms with van der Waals surface area (Å²) >= 11 is 0. The Kier molecular flexibility index (Phi) is 13.6. The number of carboxylic acids is 3. The highest BCUT2D eigenvalue weighted by molar-refractivity contribution is 5.95. The molecule has 15 nitrogen and oxygen atoms in total. The molecule has 15 heteroatoms. The fourth-order valence-electron chi connectivity index (χ4n) is 2.90. The van der Waals surface area contributed by atoms with E-state index in [1.165, 1.54) is 0 Å². The van der Waals surface area contributed by atoms with E-state index in [9.17, 15) is 38.7 Å². The predicted molar refractivity (Wildman–Crippen MR) is 118 cm³/mol. The summed E-state index contributed by atoms with van der Waals surface area (Å²) < 4.78 is 0. The van der Waals surface area contributed by atoms with Crippen LogP contribution >= 0.6 is 0 Å². The van der Waals surface area contributed by atoms with Crippen LogP contribution in [0.5, 0.6) is 0 Å². The number of nitrogens with two attached hydrogens (primary N) is 2. The lowest BCUT2D eigenvalue weighted by Gasteiger charge is -2.25. The molecule has 4 atom stereocenters. The van der Waals surface area contributed by atoms with Gasteiger partial charge in [-0.2, -0.15) is 0 Å². The molecule has 0 aromatic carbocycles. The van der Waals surface area contributed by atoms with Crippen LogP contribution in [0, 0.1) is 5.92 Å². The smallest absolute Gasteiger partial charge is 0.326 e. The maximum absolute atomic E-state index is 12.9. The second-order valence-corrected chi connectivity index (χ2v) is 8.29. The van der Waals surface area contributed by atoms with Crippen molar-refractivity contribution in [3.8, 4) is 0 Å². The van der Waals surface area contributed by atoms with Crippen molar-refractivity contribution in [3.63, 3.8) is 0 Å². The molecule has 10 N–H and O–H groups in total. The summed E-state index contributed by atoms with van der Waals surface area (Å²) in [6.45, 7) is 3.48. The van der Waals surface area contributed by atoms with E-state index >= 15 is 0 Å². The molecular formula is C20H33N5O10. The summed E-state index contributed by atoms with van der Waals surface area (Å²) in [7, 11) is 0. The van der Waals surface area contributed by atoms with Crippen LogP contribution in [0.2, 0.25) is 0 Å². The van der Waals surface area contributed by atoms with Crippen molar-refractivity contribution in [1.82, 2.24) is 16.0 Å². The zero-order valence-electron chi connectivity index (χ0n) is 19.5. The summed E-state index contributed by atoms with van der Waals surface area (Å²) in [6, 6.07) is -5.65. The van der Waals surface area contributed by atoms with Gasteiger partial charge >= 0.3 is 17.9 Å². The topological polar surface area (TPSA) is 268 Å². The molecule has 0 saturated carbocycles. The van der Waals surface area contributed by atoms with Gasteiger partial charge in [0.15, 0.2) is 0 Å². The number of primary amides is 1. The molecule has 0 fully saturated rings. The van der Waals surface area contributed by atoms with Gasteiger partial charge in [-0.1, -0.05) is 13.8 Å². The Morgan fingerprint density at radius 1 is 0.714 bits per heavy atom. The SMILES string of the molecule is CC(C)CC(NC(=O)C(N)CC(N)=O)C(=O)NC(CCC(=O)O)C(=O)NC(CCC(=O)O)C(=O)O. The zero-order chi connectivity index (χ0) is 27.3. The van der Waals surface area contributed by atoms with Crippen LogP contribution in [0.1, 0.15) is 52.4 Å². The van der Waals surface area contributed by atoms with Crippen LogP contribution < -0.4 is 27.4 Å². The molecule has 0 aromatic rings. The normalized spacial score (nSPS) is 14.2. The van der Waals surface area contributed by atoms with E-state index in [2.05, 4.69) is 16.0 Å². The number of hydrogen-bond donors (Lipinski definition) is 8. The molecule has 0 rings (SSSR count). The predicted octanol–water partition coefficient (Wildman–Crippen LogP) is -2.50. The molecule has 0 saturated heterocycles. The van der Waals surface area contributed by atoms with Crippen LogP contribution in [0.15, 0.2) is 0 Å². The number of carbonyl (C=O) groups is 7. The first kappa shape index (κ1) is 31.2. The highest BCUT2D eigenvalue weighted by Gasteiger charge is 2.31. The highest BCUT2D eigenvalue weighted by atomic mass is 16.4. The Morgan fingerprint density at radius 3 is 1.57 bits per heavy atom. The fourth-order valence-corrected chi connectivity index (χ4v) is 2.90. The maximum Gasteiger partial charge on any atom is 0.326 e. The summed E-state index contributed by atoms with van der Waals surface area (Å²) in [5.74, 6) is -7.83. The van der Waals surface area contributed by atoms with E-state index < -0.39 is 97.8 Å². The van der Waals surface area contributed by atoms with Crippen molar-refractivity contribution in [2.24, 2.45) is 17.4 Å². The molecule has 0 radical (unpaired) electrons. The Bertz CT molecular complexity index is 816. The Morgan fingerprint density at radius 2 is 1.14 bits per heavy atom. The van der Waals surface area contributed by atoms with Crippen LogP contribution in [0.4, 0.5) is 0 Å². The highest BCUT2D eigenvalue weighted by Crippen LogP contribution is 2.08. The van der Waals surface area contributed by atoms with Gasteiger partial charge in [-0.25, -0.2) is 4.79 Å². The summed E-state index contributed by atoms with van der Waals surface area (Å²) in [6.07, 6.45) is -2.36. The monoisotopic (exact) mass is 503 g/mol. The van der Waals surface area contributed by atoms with Gasteiger partial charge in [0.1, 0.15) is 18.1 Å². The minimum atomic E-state index is -1.60. The van der Waals surface area contributed by atoms with Crippen molar-refractivity contribution in [2.75, 3.05) is 0 Å². The minimum Gasteiger partial charge on any atom is -0.481 e. The second kappa shape index (κ2) is 15.2. The molecule has 198 valence electrons. The zero-order valence-corrected chi connectivity index (χ0v) is 19.5. The summed E-state index contributed by atoms with van der Waals surface area (Å²) in [4.78, 5) is 81.9. The number of hydrogen-bond acceptors (Lipinski definition) is 8. The van der Waals surface area contributed by atoms with E-state index in [0.29, 0.717) is 0 Å². The van der Waals surface area contributed by atoms with Crippen LogP contribution in [0.25, 0.3) is 0 Å². The molecule has 0 bridgehead atoms. The number of carboxylic acid groups (broad SMARTS) is 3. The van der Waals surface area contributed by atoms with Crippen molar-refractivity contribution in [3.05, 3.63) is 0 Å². The lowest BCUT2D eigenvalue weighted by Crippen LogP contribution is -2.57. The first-order valence-electron chi connectivity index (χ1n) is 10.7. The largest absolute Gasteiger partial charge is 0.481 e. The van der Waals surface area contributed by atoms with Gasteiger partial charge in [-0.15, -0.1) is 0 Å². The van der Waals surface area contributed by atoms with Gasteiger partial charge < -0.3 is 42.7 Å². The van der Waals surface area contributed by atoms with Gasteiger partial charge in [0.05, 0.1) is 12.5 Å². The van der Waals surface area contributed by atoms with Crippen molar-refractivity contribution < 1.29 is 48.9 Å². The molecule has 0 heterocycles. The molecule has 0 aliphatic heterocycles. The molecule has 4 amide bonds. The van der Waals surface area contributed by atoms with Gasteiger partial charge in [0.25, 0.3) is 0 Å². The van der Waals surface area contributed by atoms with Gasteiger partial charge in [0.2, 0.25) is 23.6 Å². The van der Waals surface area contributed by atoms with Gasteiger partial charge in [0, 0.05) is 12.8 Å². The average molecular weight is 504 g/mol. The van der Waals surface area contributed by atoms with Crippen LogP contribution in [0.3, 0.4) is 0 Å². The van der Waals surface area contributed by atoms with Crippen molar-refractivity contribution >= 4 is 41.5 Å². The van der Waals surface area contributed by atoms with Crippen LogP contribution in [-0.2, 0) is 33.6 Å². The number of nitrogens with one attached hydrogen (secondary N) is 3. The third-order valence-corrected chi connectivity index (χ3v) is 4.64. The van der Waals surface area contributed by atoms with Gasteiger partial charge in [-0.05, 0) is 25.2 Å². The fraction of sp³-hybridized carbons (Fsp3) is 0.650.